The predicted molar refractivity (Wildman–Crippen MR) is 65.4 cm³/mol. The Kier molecular flexibility index (Phi) is 3.61. The molecule has 1 heterocycles. The van der Waals surface area contributed by atoms with E-state index in [-0.39, 0.29) is 5.91 Å². The van der Waals surface area contributed by atoms with Gasteiger partial charge in [0.25, 0.3) is 5.91 Å². The third-order valence-corrected chi connectivity index (χ3v) is 2.80. The van der Waals surface area contributed by atoms with Crippen LogP contribution >= 0.6 is 0 Å². The van der Waals surface area contributed by atoms with Crippen LogP contribution in [0.25, 0.3) is 0 Å². The van der Waals surface area contributed by atoms with Gasteiger partial charge in [0.15, 0.2) is 0 Å². The molecule has 5 heteroatoms. The van der Waals surface area contributed by atoms with Crippen molar-refractivity contribution in [2.45, 2.75) is 6.92 Å². The Bertz CT molecular complexity index is 414. The molecule has 1 saturated heterocycles. The van der Waals surface area contributed by atoms with Gasteiger partial charge in [0.05, 0.1) is 13.2 Å². The van der Waals surface area contributed by atoms with E-state index in [1.54, 1.807) is 18.2 Å². The van der Waals surface area contributed by atoms with Gasteiger partial charge in [-0.25, -0.2) is 5.01 Å². The molecule has 17 heavy (non-hydrogen) atoms. The maximum absolute atomic E-state index is 11.9. The topological polar surface area (TPSA) is 67.6 Å². The first kappa shape index (κ1) is 11.9. The summed E-state index contributed by atoms with van der Waals surface area (Å²) in [6, 6.07) is 5.28. The fourth-order valence-electron chi connectivity index (χ4n) is 1.70. The van der Waals surface area contributed by atoms with Gasteiger partial charge in [0.2, 0.25) is 0 Å². The molecule has 0 bridgehead atoms. The molecule has 0 spiro atoms. The molecule has 1 aromatic carbocycles. The number of carbonyl (C=O) groups is 1. The van der Waals surface area contributed by atoms with Crippen molar-refractivity contribution in [3.63, 3.8) is 0 Å². The molecule has 0 radical (unpaired) electrons. The summed E-state index contributed by atoms with van der Waals surface area (Å²) < 4.78 is 5.21. The summed E-state index contributed by atoms with van der Waals surface area (Å²) in [7, 11) is 0. The molecule has 0 saturated carbocycles. The smallest absolute Gasteiger partial charge is 0.265 e. The van der Waals surface area contributed by atoms with Crippen molar-refractivity contribution in [1.29, 1.82) is 0 Å². The lowest BCUT2D eigenvalue weighted by Crippen LogP contribution is -2.48. The summed E-state index contributed by atoms with van der Waals surface area (Å²) in [5.41, 5.74) is 10.8. The molecular formula is C12H17N3O2. The summed E-state index contributed by atoms with van der Waals surface area (Å²) in [6.07, 6.45) is 0. The third-order valence-electron chi connectivity index (χ3n) is 2.80. The number of hydrogen-bond acceptors (Lipinski definition) is 4. The van der Waals surface area contributed by atoms with Crippen LogP contribution in [0.2, 0.25) is 0 Å². The Hall–Kier alpha value is -1.59. The molecular weight excluding hydrogens is 218 g/mol. The van der Waals surface area contributed by atoms with E-state index in [0.717, 1.165) is 18.7 Å². The number of hydrogen-bond donors (Lipinski definition) is 2. The van der Waals surface area contributed by atoms with E-state index in [4.69, 9.17) is 10.5 Å². The van der Waals surface area contributed by atoms with E-state index >= 15 is 0 Å². The molecule has 2 rings (SSSR count). The zero-order valence-corrected chi connectivity index (χ0v) is 9.90. The quantitative estimate of drug-likeness (QED) is 0.735. The van der Waals surface area contributed by atoms with E-state index in [1.807, 2.05) is 11.9 Å². The number of nitrogen functional groups attached to an aromatic ring is 1. The van der Waals surface area contributed by atoms with Crippen LogP contribution in [0.5, 0.6) is 0 Å². The highest BCUT2D eigenvalue weighted by molar-refractivity contribution is 5.94. The molecule has 92 valence electrons. The van der Waals surface area contributed by atoms with E-state index in [0.29, 0.717) is 24.5 Å². The number of anilines is 1. The average Bonchev–Trinajstić information content (AvgIpc) is 2.34. The molecule has 0 aromatic heterocycles. The Morgan fingerprint density at radius 2 is 2.12 bits per heavy atom. The fourth-order valence-corrected chi connectivity index (χ4v) is 1.70. The average molecular weight is 235 g/mol. The second-order valence-corrected chi connectivity index (χ2v) is 4.11. The fraction of sp³-hybridized carbons (Fsp3) is 0.417. The SMILES string of the molecule is Cc1cc(C(=O)NN2CCOCC2)ccc1N. The molecule has 5 nitrogen and oxygen atoms in total. The number of carbonyl (C=O) groups excluding carboxylic acids is 1. The van der Waals surface area contributed by atoms with Gasteiger partial charge in [-0.15, -0.1) is 0 Å². The summed E-state index contributed by atoms with van der Waals surface area (Å²) >= 11 is 0. The second-order valence-electron chi connectivity index (χ2n) is 4.11. The number of morpholine rings is 1. The maximum atomic E-state index is 11.9. The highest BCUT2D eigenvalue weighted by Crippen LogP contribution is 2.12. The molecule has 1 fully saturated rings. The monoisotopic (exact) mass is 235 g/mol. The number of amides is 1. The zero-order valence-electron chi connectivity index (χ0n) is 9.90. The predicted octanol–water partition coefficient (Wildman–Crippen LogP) is 0.554. The molecule has 1 aromatic rings. The van der Waals surface area contributed by atoms with Crippen molar-refractivity contribution >= 4 is 11.6 Å². The van der Waals surface area contributed by atoms with Crippen LogP contribution in [-0.2, 0) is 4.74 Å². The van der Waals surface area contributed by atoms with E-state index in [9.17, 15) is 4.79 Å². The van der Waals surface area contributed by atoms with Crippen molar-refractivity contribution in [2.24, 2.45) is 0 Å². The van der Waals surface area contributed by atoms with Gasteiger partial charge in [0.1, 0.15) is 0 Å². The number of rotatable bonds is 2. The zero-order chi connectivity index (χ0) is 12.3. The first-order chi connectivity index (χ1) is 8.16. The van der Waals surface area contributed by atoms with Gasteiger partial charge in [-0.1, -0.05) is 0 Å². The summed E-state index contributed by atoms with van der Waals surface area (Å²) in [5, 5.41) is 1.87. The molecule has 3 N–H and O–H groups in total. The van der Waals surface area contributed by atoms with Gasteiger partial charge in [-0.2, -0.15) is 0 Å². The minimum atomic E-state index is -0.102. The van der Waals surface area contributed by atoms with Gasteiger partial charge in [-0.05, 0) is 30.7 Å². The number of aryl methyl sites for hydroxylation is 1. The number of ether oxygens (including phenoxy) is 1. The normalized spacial score (nSPS) is 16.8. The second kappa shape index (κ2) is 5.16. The first-order valence-corrected chi connectivity index (χ1v) is 5.66. The minimum absolute atomic E-state index is 0.102. The highest BCUT2D eigenvalue weighted by atomic mass is 16.5. The van der Waals surface area contributed by atoms with Crippen molar-refractivity contribution in [3.8, 4) is 0 Å². The van der Waals surface area contributed by atoms with E-state index in [1.165, 1.54) is 0 Å². The lowest BCUT2D eigenvalue weighted by atomic mass is 10.1. The standard InChI is InChI=1S/C12H17N3O2/c1-9-8-10(2-3-11(9)13)12(16)14-15-4-6-17-7-5-15/h2-3,8H,4-7,13H2,1H3,(H,14,16). The summed E-state index contributed by atoms with van der Waals surface area (Å²) in [5.74, 6) is -0.102. The van der Waals surface area contributed by atoms with Crippen LogP contribution in [0, 0.1) is 6.92 Å². The molecule has 1 aliphatic heterocycles. The lowest BCUT2D eigenvalue weighted by Gasteiger charge is -2.26. The maximum Gasteiger partial charge on any atom is 0.265 e. The van der Waals surface area contributed by atoms with Crippen molar-refractivity contribution in [1.82, 2.24) is 10.4 Å². The minimum Gasteiger partial charge on any atom is -0.399 e. The summed E-state index contributed by atoms with van der Waals surface area (Å²) in [4.78, 5) is 11.9. The molecule has 0 atom stereocenters. The Morgan fingerprint density at radius 1 is 1.41 bits per heavy atom. The Morgan fingerprint density at radius 3 is 2.76 bits per heavy atom. The van der Waals surface area contributed by atoms with Crippen molar-refractivity contribution < 1.29 is 9.53 Å². The van der Waals surface area contributed by atoms with Crippen LogP contribution in [0.4, 0.5) is 5.69 Å². The lowest BCUT2D eigenvalue weighted by molar-refractivity contribution is 0.0126. The van der Waals surface area contributed by atoms with Crippen LogP contribution in [-0.4, -0.2) is 37.2 Å². The van der Waals surface area contributed by atoms with Crippen molar-refractivity contribution in [2.75, 3.05) is 32.0 Å². The van der Waals surface area contributed by atoms with Crippen LogP contribution in [0.3, 0.4) is 0 Å². The number of hydrazine groups is 1. The number of nitrogens with one attached hydrogen (secondary N) is 1. The van der Waals surface area contributed by atoms with Gasteiger partial charge in [-0.3, -0.25) is 10.2 Å². The number of nitrogens with zero attached hydrogens (tertiary/aromatic N) is 1. The highest BCUT2D eigenvalue weighted by Gasteiger charge is 2.14. The third kappa shape index (κ3) is 2.95. The number of nitrogens with two attached hydrogens (primary N) is 1. The number of benzene rings is 1. The molecule has 0 unspecified atom stereocenters. The van der Waals surface area contributed by atoms with E-state index in [2.05, 4.69) is 5.43 Å². The first-order valence-electron chi connectivity index (χ1n) is 5.66. The van der Waals surface area contributed by atoms with Crippen LogP contribution in [0.15, 0.2) is 18.2 Å². The van der Waals surface area contributed by atoms with Crippen LogP contribution < -0.4 is 11.2 Å². The van der Waals surface area contributed by atoms with Gasteiger partial charge in [0, 0.05) is 24.3 Å². The van der Waals surface area contributed by atoms with Gasteiger partial charge >= 0.3 is 0 Å². The molecule has 1 amide bonds. The molecule has 1 aliphatic rings. The van der Waals surface area contributed by atoms with Crippen molar-refractivity contribution in [3.05, 3.63) is 29.3 Å². The van der Waals surface area contributed by atoms with Gasteiger partial charge < -0.3 is 10.5 Å². The largest absolute Gasteiger partial charge is 0.399 e. The van der Waals surface area contributed by atoms with Crippen LogP contribution in [0.1, 0.15) is 15.9 Å². The summed E-state index contributed by atoms with van der Waals surface area (Å²) in [6.45, 7) is 4.64. The molecule has 0 aliphatic carbocycles. The Balaban J connectivity index is 2.01. The Labute approximate surface area is 101 Å². The van der Waals surface area contributed by atoms with E-state index < -0.39 is 0 Å².